The summed E-state index contributed by atoms with van der Waals surface area (Å²) in [5, 5.41) is 9.44. The topological polar surface area (TPSA) is 23.8 Å². The first-order chi connectivity index (χ1) is 5.66. The second-order valence-electron chi connectivity index (χ2n) is 2.80. The maximum Gasteiger partial charge on any atom is 0.0701 e. The van der Waals surface area contributed by atoms with E-state index in [-0.39, 0.29) is 5.92 Å². The maximum atomic E-state index is 8.71. The summed E-state index contributed by atoms with van der Waals surface area (Å²) in [4.78, 5) is 0. The molecule has 1 nitrogen and oxygen atoms in total. The Hall–Kier alpha value is -1.00. The Kier molecular flexibility index (Phi) is 2.73. The highest BCUT2D eigenvalue weighted by Gasteiger charge is 2.08. The van der Waals surface area contributed by atoms with E-state index in [4.69, 9.17) is 16.9 Å². The van der Waals surface area contributed by atoms with Crippen LogP contribution in [0, 0.1) is 18.3 Å². The standard InChI is InChI=1S/C10H10ClN/c1-7(6-12)9-4-3-5-10(11)8(9)2/h3-5,7H,1-2H3. The molecule has 2 heteroatoms. The first-order valence-corrected chi connectivity index (χ1v) is 4.19. The molecule has 0 aliphatic rings. The van der Waals surface area contributed by atoms with Crippen LogP contribution < -0.4 is 0 Å². The molecule has 0 saturated heterocycles. The van der Waals surface area contributed by atoms with Crippen molar-refractivity contribution in [3.63, 3.8) is 0 Å². The Bertz CT molecular complexity index is 325. The fourth-order valence-electron chi connectivity index (χ4n) is 1.16. The van der Waals surface area contributed by atoms with Gasteiger partial charge in [-0.25, -0.2) is 0 Å². The molecule has 0 amide bonds. The van der Waals surface area contributed by atoms with Crippen LogP contribution in [0.25, 0.3) is 0 Å². The van der Waals surface area contributed by atoms with E-state index < -0.39 is 0 Å². The molecule has 0 bridgehead atoms. The SMILES string of the molecule is Cc1c(Cl)cccc1C(C)C#N. The highest BCUT2D eigenvalue weighted by atomic mass is 35.5. The summed E-state index contributed by atoms with van der Waals surface area (Å²) in [6, 6.07) is 7.84. The van der Waals surface area contributed by atoms with Crippen LogP contribution in [-0.2, 0) is 0 Å². The van der Waals surface area contributed by atoms with E-state index in [1.54, 1.807) is 0 Å². The molecule has 0 radical (unpaired) electrons. The minimum atomic E-state index is -0.0799. The number of benzene rings is 1. The minimum Gasteiger partial charge on any atom is -0.198 e. The van der Waals surface area contributed by atoms with E-state index in [1.807, 2.05) is 32.0 Å². The lowest BCUT2D eigenvalue weighted by Gasteiger charge is -2.07. The lowest BCUT2D eigenvalue weighted by Crippen LogP contribution is -1.93. The van der Waals surface area contributed by atoms with Crippen LogP contribution in [-0.4, -0.2) is 0 Å². The third-order valence-corrected chi connectivity index (χ3v) is 2.38. The van der Waals surface area contributed by atoms with Crippen molar-refractivity contribution in [3.05, 3.63) is 34.3 Å². The summed E-state index contributed by atoms with van der Waals surface area (Å²) in [6.45, 7) is 3.81. The van der Waals surface area contributed by atoms with Gasteiger partial charge in [-0.2, -0.15) is 5.26 Å². The monoisotopic (exact) mass is 179 g/mol. The zero-order valence-electron chi connectivity index (χ0n) is 7.13. The van der Waals surface area contributed by atoms with Gasteiger partial charge in [0.25, 0.3) is 0 Å². The largest absolute Gasteiger partial charge is 0.198 e. The lowest BCUT2D eigenvalue weighted by molar-refractivity contribution is 0.966. The van der Waals surface area contributed by atoms with Gasteiger partial charge >= 0.3 is 0 Å². The van der Waals surface area contributed by atoms with Gasteiger partial charge in [-0.05, 0) is 31.0 Å². The lowest BCUT2D eigenvalue weighted by atomic mass is 9.98. The highest BCUT2D eigenvalue weighted by molar-refractivity contribution is 6.31. The van der Waals surface area contributed by atoms with Gasteiger partial charge in [0.2, 0.25) is 0 Å². The average molecular weight is 180 g/mol. The molecule has 0 aliphatic carbocycles. The van der Waals surface area contributed by atoms with Crippen LogP contribution in [0.4, 0.5) is 0 Å². The zero-order valence-corrected chi connectivity index (χ0v) is 7.89. The number of rotatable bonds is 1. The average Bonchev–Trinajstić information content (AvgIpc) is 2.08. The van der Waals surface area contributed by atoms with Crippen molar-refractivity contribution in [1.29, 1.82) is 5.26 Å². The summed E-state index contributed by atoms with van der Waals surface area (Å²) < 4.78 is 0. The van der Waals surface area contributed by atoms with Crippen molar-refractivity contribution in [2.45, 2.75) is 19.8 Å². The molecule has 0 aliphatic heterocycles. The van der Waals surface area contributed by atoms with Gasteiger partial charge in [-0.3, -0.25) is 0 Å². The first kappa shape index (κ1) is 9.09. The van der Waals surface area contributed by atoms with Crippen molar-refractivity contribution in [1.82, 2.24) is 0 Å². The van der Waals surface area contributed by atoms with Crippen LogP contribution in [0.15, 0.2) is 18.2 Å². The molecular weight excluding hydrogens is 170 g/mol. The Labute approximate surface area is 77.6 Å². The summed E-state index contributed by atoms with van der Waals surface area (Å²) in [7, 11) is 0. The van der Waals surface area contributed by atoms with Gasteiger partial charge in [0.1, 0.15) is 0 Å². The van der Waals surface area contributed by atoms with Crippen molar-refractivity contribution in [3.8, 4) is 6.07 Å². The van der Waals surface area contributed by atoms with E-state index in [1.165, 1.54) is 0 Å². The molecular formula is C10H10ClN. The number of hydrogen-bond acceptors (Lipinski definition) is 1. The predicted octanol–water partition coefficient (Wildman–Crippen LogP) is 3.28. The van der Waals surface area contributed by atoms with Gasteiger partial charge < -0.3 is 0 Å². The Morgan fingerprint density at radius 1 is 1.50 bits per heavy atom. The van der Waals surface area contributed by atoms with Gasteiger partial charge in [0.05, 0.1) is 12.0 Å². The van der Waals surface area contributed by atoms with E-state index in [0.29, 0.717) is 0 Å². The second-order valence-corrected chi connectivity index (χ2v) is 3.21. The van der Waals surface area contributed by atoms with Crippen molar-refractivity contribution in [2.24, 2.45) is 0 Å². The fraction of sp³-hybridized carbons (Fsp3) is 0.300. The molecule has 1 atom stereocenters. The third-order valence-electron chi connectivity index (χ3n) is 1.97. The van der Waals surface area contributed by atoms with Gasteiger partial charge in [-0.15, -0.1) is 0 Å². The number of hydrogen-bond donors (Lipinski definition) is 0. The summed E-state index contributed by atoms with van der Waals surface area (Å²) >= 11 is 5.91. The van der Waals surface area contributed by atoms with Gasteiger partial charge in [0, 0.05) is 5.02 Å². The Morgan fingerprint density at radius 2 is 2.17 bits per heavy atom. The smallest absolute Gasteiger partial charge is 0.0701 e. The number of nitrogens with zero attached hydrogens (tertiary/aromatic N) is 1. The van der Waals surface area contributed by atoms with Gasteiger partial charge in [0.15, 0.2) is 0 Å². The summed E-state index contributed by atoms with van der Waals surface area (Å²) in [5.74, 6) is -0.0799. The minimum absolute atomic E-state index is 0.0799. The highest BCUT2D eigenvalue weighted by Crippen LogP contribution is 2.24. The molecule has 0 N–H and O–H groups in total. The third kappa shape index (κ3) is 1.60. The van der Waals surface area contributed by atoms with Crippen LogP contribution in [0.3, 0.4) is 0 Å². The number of nitriles is 1. The molecule has 0 aromatic heterocycles. The zero-order chi connectivity index (χ0) is 9.14. The Morgan fingerprint density at radius 3 is 2.75 bits per heavy atom. The molecule has 1 rings (SSSR count). The number of halogens is 1. The molecule has 62 valence electrons. The first-order valence-electron chi connectivity index (χ1n) is 3.81. The quantitative estimate of drug-likeness (QED) is 0.649. The molecule has 0 heterocycles. The second kappa shape index (κ2) is 3.60. The van der Waals surface area contributed by atoms with Crippen molar-refractivity contribution < 1.29 is 0 Å². The fourth-order valence-corrected chi connectivity index (χ4v) is 1.34. The van der Waals surface area contributed by atoms with Crippen LogP contribution in [0.5, 0.6) is 0 Å². The van der Waals surface area contributed by atoms with Crippen LogP contribution in [0.1, 0.15) is 24.0 Å². The normalized spacial score (nSPS) is 12.2. The van der Waals surface area contributed by atoms with E-state index in [9.17, 15) is 0 Å². The Balaban J connectivity index is 3.18. The molecule has 12 heavy (non-hydrogen) atoms. The van der Waals surface area contributed by atoms with Crippen LogP contribution in [0.2, 0.25) is 5.02 Å². The van der Waals surface area contributed by atoms with E-state index in [0.717, 1.165) is 16.1 Å². The molecule has 1 aromatic rings. The predicted molar refractivity (Wildman–Crippen MR) is 50.2 cm³/mol. The molecule has 0 saturated carbocycles. The molecule has 0 spiro atoms. The maximum absolute atomic E-state index is 8.71. The molecule has 0 fully saturated rings. The van der Waals surface area contributed by atoms with E-state index in [2.05, 4.69) is 6.07 Å². The van der Waals surface area contributed by atoms with Crippen molar-refractivity contribution >= 4 is 11.6 Å². The summed E-state index contributed by atoms with van der Waals surface area (Å²) in [5.41, 5.74) is 2.03. The van der Waals surface area contributed by atoms with E-state index >= 15 is 0 Å². The van der Waals surface area contributed by atoms with Crippen molar-refractivity contribution in [2.75, 3.05) is 0 Å². The molecule has 1 aromatic carbocycles. The summed E-state index contributed by atoms with van der Waals surface area (Å²) in [6.07, 6.45) is 0. The molecule has 1 unspecified atom stereocenters. The van der Waals surface area contributed by atoms with Gasteiger partial charge in [-0.1, -0.05) is 23.7 Å². The van der Waals surface area contributed by atoms with Crippen LogP contribution >= 0.6 is 11.6 Å².